The van der Waals surface area contributed by atoms with E-state index in [-0.39, 0.29) is 18.5 Å². The number of aliphatic carboxylic acids is 1. The number of carboxylic acids is 1. The lowest BCUT2D eigenvalue weighted by atomic mass is 10.1. The van der Waals surface area contributed by atoms with E-state index in [1.807, 2.05) is 0 Å². The van der Waals surface area contributed by atoms with Gasteiger partial charge in [0.25, 0.3) is 0 Å². The van der Waals surface area contributed by atoms with Gasteiger partial charge >= 0.3 is 5.97 Å². The van der Waals surface area contributed by atoms with E-state index >= 15 is 0 Å². The molecule has 0 aromatic rings. The van der Waals surface area contributed by atoms with Gasteiger partial charge in [-0.15, -0.1) is 0 Å². The zero-order chi connectivity index (χ0) is 12.3. The van der Waals surface area contributed by atoms with Crippen molar-refractivity contribution in [3.8, 4) is 0 Å². The Balaban J connectivity index is 2.37. The predicted octanol–water partition coefficient (Wildman–Crippen LogP) is -0.556. The molecule has 2 N–H and O–H groups in total. The molecule has 2 amide bonds. The molecular weight excluding hydrogens is 212 g/mol. The highest BCUT2D eigenvalue weighted by atomic mass is 16.4. The molecule has 0 aromatic heterocycles. The Labute approximate surface area is 93.6 Å². The number of likely N-dealkylation sites (N-methyl/N-ethyl adjacent to an activating group) is 1. The van der Waals surface area contributed by atoms with Crippen LogP contribution in [0.5, 0.6) is 0 Å². The van der Waals surface area contributed by atoms with Gasteiger partial charge in [-0.1, -0.05) is 0 Å². The van der Waals surface area contributed by atoms with Gasteiger partial charge in [-0.05, 0) is 19.8 Å². The monoisotopic (exact) mass is 228 g/mol. The molecule has 1 rings (SSSR count). The van der Waals surface area contributed by atoms with Crippen molar-refractivity contribution in [3.05, 3.63) is 0 Å². The third-order valence-electron chi connectivity index (χ3n) is 2.44. The summed E-state index contributed by atoms with van der Waals surface area (Å²) in [6.07, 6.45) is 1.96. The zero-order valence-electron chi connectivity index (χ0n) is 9.40. The molecule has 1 saturated carbocycles. The molecule has 1 atom stereocenters. The zero-order valence-corrected chi connectivity index (χ0v) is 9.40. The SMILES string of the molecule is CC(C(=O)O)C(=O)N(C)CC(=O)NC1CC1. The van der Waals surface area contributed by atoms with E-state index in [4.69, 9.17) is 5.11 Å². The molecule has 0 aliphatic heterocycles. The number of nitrogens with zero attached hydrogens (tertiary/aromatic N) is 1. The van der Waals surface area contributed by atoms with Crippen molar-refractivity contribution in [2.75, 3.05) is 13.6 Å². The van der Waals surface area contributed by atoms with Crippen LogP contribution >= 0.6 is 0 Å². The minimum absolute atomic E-state index is 0.0903. The molecule has 1 aliphatic rings. The van der Waals surface area contributed by atoms with Gasteiger partial charge < -0.3 is 15.3 Å². The molecule has 6 nitrogen and oxygen atoms in total. The van der Waals surface area contributed by atoms with Crippen LogP contribution in [-0.4, -0.2) is 47.4 Å². The normalized spacial score (nSPS) is 16.4. The van der Waals surface area contributed by atoms with Crippen molar-refractivity contribution in [1.82, 2.24) is 10.2 Å². The van der Waals surface area contributed by atoms with Gasteiger partial charge in [0.05, 0.1) is 6.54 Å². The Morgan fingerprint density at radius 2 is 2.00 bits per heavy atom. The van der Waals surface area contributed by atoms with E-state index in [1.165, 1.54) is 14.0 Å². The van der Waals surface area contributed by atoms with Crippen molar-refractivity contribution < 1.29 is 19.5 Å². The summed E-state index contributed by atoms with van der Waals surface area (Å²) < 4.78 is 0. The van der Waals surface area contributed by atoms with E-state index < -0.39 is 17.8 Å². The highest BCUT2D eigenvalue weighted by Crippen LogP contribution is 2.18. The molecule has 0 heterocycles. The Morgan fingerprint density at radius 1 is 1.44 bits per heavy atom. The van der Waals surface area contributed by atoms with Gasteiger partial charge in [0.15, 0.2) is 0 Å². The molecule has 0 spiro atoms. The van der Waals surface area contributed by atoms with Crippen LogP contribution in [0.2, 0.25) is 0 Å². The fraction of sp³-hybridized carbons (Fsp3) is 0.700. The Morgan fingerprint density at radius 3 is 2.44 bits per heavy atom. The second kappa shape index (κ2) is 4.96. The van der Waals surface area contributed by atoms with Crippen LogP contribution in [-0.2, 0) is 14.4 Å². The second-order valence-corrected chi connectivity index (χ2v) is 4.10. The van der Waals surface area contributed by atoms with Gasteiger partial charge in [-0.3, -0.25) is 14.4 Å². The molecule has 1 unspecified atom stereocenters. The van der Waals surface area contributed by atoms with Crippen molar-refractivity contribution >= 4 is 17.8 Å². The van der Waals surface area contributed by atoms with E-state index in [1.54, 1.807) is 0 Å². The van der Waals surface area contributed by atoms with Crippen LogP contribution in [0, 0.1) is 5.92 Å². The molecule has 1 fully saturated rings. The van der Waals surface area contributed by atoms with E-state index in [0.29, 0.717) is 0 Å². The molecular formula is C10H16N2O4. The minimum Gasteiger partial charge on any atom is -0.481 e. The number of carbonyl (C=O) groups is 3. The van der Waals surface area contributed by atoms with Gasteiger partial charge in [-0.25, -0.2) is 0 Å². The number of amides is 2. The summed E-state index contributed by atoms with van der Waals surface area (Å²) in [6, 6.07) is 0.243. The maximum absolute atomic E-state index is 11.5. The third kappa shape index (κ3) is 3.52. The third-order valence-corrected chi connectivity index (χ3v) is 2.44. The number of nitrogens with one attached hydrogen (secondary N) is 1. The minimum atomic E-state index is -1.18. The standard InChI is InChI=1S/C10H16N2O4/c1-6(10(15)16)9(14)12(2)5-8(13)11-7-3-4-7/h6-7H,3-5H2,1-2H3,(H,11,13)(H,15,16). The molecule has 0 bridgehead atoms. The maximum Gasteiger partial charge on any atom is 0.315 e. The molecule has 6 heteroatoms. The fourth-order valence-corrected chi connectivity index (χ4v) is 1.23. The summed E-state index contributed by atoms with van der Waals surface area (Å²) in [6.45, 7) is 1.22. The predicted molar refractivity (Wildman–Crippen MR) is 55.6 cm³/mol. The topological polar surface area (TPSA) is 86.7 Å². The van der Waals surface area contributed by atoms with Crippen LogP contribution in [0.1, 0.15) is 19.8 Å². The summed E-state index contributed by atoms with van der Waals surface area (Å²) in [5.74, 6) is -3.09. The Bertz CT molecular complexity index is 312. The molecule has 16 heavy (non-hydrogen) atoms. The van der Waals surface area contributed by atoms with Crippen molar-refractivity contribution in [2.24, 2.45) is 5.92 Å². The Kier molecular flexibility index (Phi) is 3.87. The molecule has 90 valence electrons. The molecule has 1 aliphatic carbocycles. The van der Waals surface area contributed by atoms with Crippen LogP contribution in [0.4, 0.5) is 0 Å². The van der Waals surface area contributed by atoms with Crippen LogP contribution in [0.3, 0.4) is 0 Å². The van der Waals surface area contributed by atoms with Crippen LogP contribution < -0.4 is 5.32 Å². The van der Waals surface area contributed by atoms with E-state index in [0.717, 1.165) is 17.7 Å². The second-order valence-electron chi connectivity index (χ2n) is 4.10. The summed E-state index contributed by atoms with van der Waals surface area (Å²) in [4.78, 5) is 34.5. The fourth-order valence-electron chi connectivity index (χ4n) is 1.23. The molecule has 0 radical (unpaired) electrons. The van der Waals surface area contributed by atoms with Crippen LogP contribution in [0.15, 0.2) is 0 Å². The first-order chi connectivity index (χ1) is 7.41. The maximum atomic E-state index is 11.5. The summed E-state index contributed by atoms with van der Waals surface area (Å²) >= 11 is 0. The highest BCUT2D eigenvalue weighted by Gasteiger charge is 2.27. The summed E-state index contributed by atoms with van der Waals surface area (Å²) in [7, 11) is 1.42. The first kappa shape index (κ1) is 12.5. The highest BCUT2D eigenvalue weighted by molar-refractivity contribution is 5.97. The summed E-state index contributed by atoms with van der Waals surface area (Å²) in [5, 5.41) is 11.4. The lowest BCUT2D eigenvalue weighted by Gasteiger charge is -2.18. The average Bonchev–Trinajstić information content (AvgIpc) is 2.98. The smallest absolute Gasteiger partial charge is 0.315 e. The van der Waals surface area contributed by atoms with E-state index in [2.05, 4.69) is 5.32 Å². The van der Waals surface area contributed by atoms with Crippen LogP contribution in [0.25, 0.3) is 0 Å². The average molecular weight is 228 g/mol. The van der Waals surface area contributed by atoms with E-state index in [9.17, 15) is 14.4 Å². The summed E-state index contributed by atoms with van der Waals surface area (Å²) in [5.41, 5.74) is 0. The number of rotatable bonds is 5. The van der Waals surface area contributed by atoms with Gasteiger partial charge in [0.2, 0.25) is 11.8 Å². The number of carboxylic acid groups (broad SMARTS) is 1. The van der Waals surface area contributed by atoms with Gasteiger partial charge in [-0.2, -0.15) is 0 Å². The molecule has 0 saturated heterocycles. The van der Waals surface area contributed by atoms with Crippen molar-refractivity contribution in [3.63, 3.8) is 0 Å². The first-order valence-corrected chi connectivity index (χ1v) is 5.19. The van der Waals surface area contributed by atoms with Gasteiger partial charge in [0.1, 0.15) is 5.92 Å². The largest absolute Gasteiger partial charge is 0.481 e. The lowest BCUT2D eigenvalue weighted by Crippen LogP contribution is -2.42. The number of hydrogen-bond donors (Lipinski definition) is 2. The number of hydrogen-bond acceptors (Lipinski definition) is 3. The van der Waals surface area contributed by atoms with Gasteiger partial charge in [0, 0.05) is 13.1 Å². The van der Waals surface area contributed by atoms with Crippen molar-refractivity contribution in [2.45, 2.75) is 25.8 Å². The van der Waals surface area contributed by atoms with Crippen molar-refractivity contribution in [1.29, 1.82) is 0 Å². The Hall–Kier alpha value is -1.59. The first-order valence-electron chi connectivity index (χ1n) is 5.19. The quantitative estimate of drug-likeness (QED) is 0.618. The molecule has 0 aromatic carbocycles. The number of carbonyl (C=O) groups excluding carboxylic acids is 2. The lowest BCUT2D eigenvalue weighted by molar-refractivity contribution is -0.150.